The lowest BCUT2D eigenvalue weighted by Crippen LogP contribution is -2.41. The van der Waals surface area contributed by atoms with E-state index in [0.717, 1.165) is 4.90 Å². The maximum atomic E-state index is 11.8. The molecular weight excluding hydrogens is 253 g/mol. The van der Waals surface area contributed by atoms with Crippen LogP contribution in [0.1, 0.15) is 19.3 Å². The zero-order valence-corrected chi connectivity index (χ0v) is 10.1. The molecule has 0 unspecified atom stereocenters. The first-order valence-corrected chi connectivity index (χ1v) is 5.44. The standard InChI is InChI=1S/C10H17F3N2O3/c1-15(9(18)4-2-3-5-16)6-8(17)14-7-10(11,12)13/h16H,2-7H2,1H3,(H,14,17). The first-order chi connectivity index (χ1) is 8.26. The van der Waals surface area contributed by atoms with Crippen LogP contribution >= 0.6 is 0 Å². The van der Waals surface area contributed by atoms with Gasteiger partial charge in [0.05, 0.1) is 6.54 Å². The first kappa shape index (κ1) is 16.7. The molecular formula is C10H17F3N2O3. The largest absolute Gasteiger partial charge is 0.405 e. The van der Waals surface area contributed by atoms with E-state index in [-0.39, 0.29) is 18.9 Å². The summed E-state index contributed by atoms with van der Waals surface area (Å²) in [6, 6.07) is 0. The summed E-state index contributed by atoms with van der Waals surface area (Å²) in [4.78, 5) is 23.5. The zero-order valence-electron chi connectivity index (χ0n) is 10.1. The number of hydrogen-bond acceptors (Lipinski definition) is 3. The third-order valence-electron chi connectivity index (χ3n) is 2.09. The molecule has 5 nitrogen and oxygen atoms in total. The predicted molar refractivity (Wildman–Crippen MR) is 57.6 cm³/mol. The van der Waals surface area contributed by atoms with E-state index in [1.54, 1.807) is 5.32 Å². The third kappa shape index (κ3) is 8.80. The van der Waals surface area contributed by atoms with Crippen molar-refractivity contribution in [1.82, 2.24) is 10.2 Å². The SMILES string of the molecule is CN(CC(=O)NCC(F)(F)F)C(=O)CCCCO. The minimum atomic E-state index is -4.46. The molecule has 2 N–H and O–H groups in total. The van der Waals surface area contributed by atoms with Crippen molar-refractivity contribution in [3.05, 3.63) is 0 Å². The second-order valence-electron chi connectivity index (χ2n) is 3.82. The molecule has 0 aromatic carbocycles. The van der Waals surface area contributed by atoms with Crippen molar-refractivity contribution in [2.75, 3.05) is 26.7 Å². The number of carbonyl (C=O) groups excluding carboxylic acids is 2. The first-order valence-electron chi connectivity index (χ1n) is 5.44. The lowest BCUT2D eigenvalue weighted by Gasteiger charge is -2.17. The number of halogens is 3. The molecule has 106 valence electrons. The van der Waals surface area contributed by atoms with Crippen molar-refractivity contribution >= 4 is 11.8 Å². The van der Waals surface area contributed by atoms with E-state index in [4.69, 9.17) is 5.11 Å². The van der Waals surface area contributed by atoms with Gasteiger partial charge >= 0.3 is 6.18 Å². The molecule has 0 aromatic rings. The van der Waals surface area contributed by atoms with Crippen LogP contribution in [-0.4, -0.2) is 54.7 Å². The average Bonchev–Trinajstić information content (AvgIpc) is 2.25. The number of likely N-dealkylation sites (N-methyl/N-ethyl adjacent to an activating group) is 1. The van der Waals surface area contributed by atoms with E-state index in [1.165, 1.54) is 7.05 Å². The second kappa shape index (κ2) is 7.91. The summed E-state index contributed by atoms with van der Waals surface area (Å²) in [5.74, 6) is -1.20. The van der Waals surface area contributed by atoms with Gasteiger partial charge in [0.2, 0.25) is 11.8 Å². The van der Waals surface area contributed by atoms with Gasteiger partial charge in [0.15, 0.2) is 0 Å². The molecule has 0 spiro atoms. The maximum Gasteiger partial charge on any atom is 0.405 e. The van der Waals surface area contributed by atoms with Crippen LogP contribution in [0.25, 0.3) is 0 Å². The molecule has 18 heavy (non-hydrogen) atoms. The van der Waals surface area contributed by atoms with E-state index in [0.29, 0.717) is 12.8 Å². The number of hydrogen-bond donors (Lipinski definition) is 2. The van der Waals surface area contributed by atoms with Gasteiger partial charge in [-0.2, -0.15) is 13.2 Å². The Labute approximate surface area is 103 Å². The van der Waals surface area contributed by atoms with Gasteiger partial charge in [-0.05, 0) is 12.8 Å². The molecule has 0 aliphatic carbocycles. The fraction of sp³-hybridized carbons (Fsp3) is 0.800. The Morgan fingerprint density at radius 3 is 2.39 bits per heavy atom. The van der Waals surface area contributed by atoms with Gasteiger partial charge in [0.1, 0.15) is 6.54 Å². The Bertz CT molecular complexity index is 282. The smallest absolute Gasteiger partial charge is 0.396 e. The quantitative estimate of drug-likeness (QED) is 0.653. The Kier molecular flexibility index (Phi) is 7.33. The maximum absolute atomic E-state index is 11.8. The van der Waals surface area contributed by atoms with Crippen LogP contribution in [0.15, 0.2) is 0 Å². The van der Waals surface area contributed by atoms with Crippen molar-refractivity contribution in [2.45, 2.75) is 25.4 Å². The monoisotopic (exact) mass is 270 g/mol. The lowest BCUT2D eigenvalue weighted by atomic mass is 10.2. The van der Waals surface area contributed by atoms with Gasteiger partial charge in [-0.3, -0.25) is 9.59 Å². The molecule has 0 bridgehead atoms. The molecule has 0 aromatic heterocycles. The number of alkyl halides is 3. The molecule has 0 saturated carbocycles. The molecule has 0 heterocycles. The molecule has 8 heteroatoms. The van der Waals surface area contributed by atoms with Crippen molar-refractivity contribution in [1.29, 1.82) is 0 Å². The normalized spacial score (nSPS) is 11.2. The van der Waals surface area contributed by atoms with Crippen LogP contribution < -0.4 is 5.32 Å². The molecule has 0 saturated heterocycles. The highest BCUT2D eigenvalue weighted by Gasteiger charge is 2.27. The van der Waals surface area contributed by atoms with Crippen molar-refractivity contribution in [3.63, 3.8) is 0 Å². The van der Waals surface area contributed by atoms with Crippen LogP contribution in [0.3, 0.4) is 0 Å². The summed E-state index contributed by atoms with van der Waals surface area (Å²) in [5.41, 5.74) is 0. The summed E-state index contributed by atoms with van der Waals surface area (Å²) in [5, 5.41) is 10.2. The molecule has 0 radical (unpaired) electrons. The Morgan fingerprint density at radius 2 is 1.89 bits per heavy atom. The highest BCUT2D eigenvalue weighted by atomic mass is 19.4. The van der Waals surface area contributed by atoms with Gasteiger partial charge in [-0.25, -0.2) is 0 Å². The number of nitrogens with one attached hydrogen (secondary N) is 1. The van der Waals surface area contributed by atoms with Crippen LogP contribution in [0.4, 0.5) is 13.2 Å². The number of aliphatic hydroxyl groups excluding tert-OH is 1. The Balaban J connectivity index is 3.88. The molecule has 0 aliphatic heterocycles. The van der Waals surface area contributed by atoms with Crippen molar-refractivity contribution < 1.29 is 27.9 Å². The molecule has 0 atom stereocenters. The third-order valence-corrected chi connectivity index (χ3v) is 2.09. The topological polar surface area (TPSA) is 69.6 Å². The summed E-state index contributed by atoms with van der Waals surface area (Å²) >= 11 is 0. The van der Waals surface area contributed by atoms with Gasteiger partial charge in [0, 0.05) is 20.1 Å². The average molecular weight is 270 g/mol. The fourth-order valence-corrected chi connectivity index (χ4v) is 1.14. The van der Waals surface area contributed by atoms with Crippen LogP contribution in [0.2, 0.25) is 0 Å². The minimum Gasteiger partial charge on any atom is -0.396 e. The minimum absolute atomic E-state index is 0.0247. The van der Waals surface area contributed by atoms with E-state index >= 15 is 0 Å². The van der Waals surface area contributed by atoms with Crippen LogP contribution in [0.5, 0.6) is 0 Å². The molecule has 0 rings (SSSR count). The highest BCUT2D eigenvalue weighted by Crippen LogP contribution is 2.12. The van der Waals surface area contributed by atoms with Gasteiger partial charge < -0.3 is 15.3 Å². The molecule has 0 fully saturated rings. The van der Waals surface area contributed by atoms with E-state index in [2.05, 4.69) is 0 Å². The van der Waals surface area contributed by atoms with Crippen molar-refractivity contribution in [3.8, 4) is 0 Å². The lowest BCUT2D eigenvalue weighted by molar-refractivity contribution is -0.141. The van der Waals surface area contributed by atoms with E-state index < -0.39 is 25.2 Å². The Hall–Kier alpha value is -1.31. The zero-order chi connectivity index (χ0) is 14.2. The fourth-order valence-electron chi connectivity index (χ4n) is 1.14. The van der Waals surface area contributed by atoms with Crippen LogP contribution in [0, 0.1) is 0 Å². The number of carbonyl (C=O) groups is 2. The summed E-state index contributed by atoms with van der Waals surface area (Å²) < 4.78 is 35.4. The summed E-state index contributed by atoms with van der Waals surface area (Å²) in [6.45, 7) is -1.84. The van der Waals surface area contributed by atoms with Gasteiger partial charge in [0.25, 0.3) is 0 Å². The number of amides is 2. The molecule has 2 amide bonds. The summed E-state index contributed by atoms with van der Waals surface area (Å²) in [6.07, 6.45) is -3.35. The number of rotatable bonds is 7. The van der Waals surface area contributed by atoms with Gasteiger partial charge in [-0.15, -0.1) is 0 Å². The van der Waals surface area contributed by atoms with E-state index in [1.807, 2.05) is 0 Å². The molecule has 0 aliphatic rings. The van der Waals surface area contributed by atoms with Crippen LogP contribution in [-0.2, 0) is 9.59 Å². The highest BCUT2D eigenvalue weighted by molar-refractivity contribution is 5.84. The second-order valence-corrected chi connectivity index (χ2v) is 3.82. The predicted octanol–water partition coefficient (Wildman–Crippen LogP) is 0.286. The number of aliphatic hydroxyl groups is 1. The number of nitrogens with zero attached hydrogens (tertiary/aromatic N) is 1. The summed E-state index contributed by atoms with van der Waals surface area (Å²) in [7, 11) is 1.34. The number of unbranched alkanes of at least 4 members (excludes halogenated alkanes) is 1. The van der Waals surface area contributed by atoms with E-state index in [9.17, 15) is 22.8 Å². The van der Waals surface area contributed by atoms with Gasteiger partial charge in [-0.1, -0.05) is 0 Å². The Morgan fingerprint density at radius 1 is 1.28 bits per heavy atom. The van der Waals surface area contributed by atoms with Crippen molar-refractivity contribution in [2.24, 2.45) is 0 Å².